The number of nitrogens with zero attached hydrogens (tertiary/aromatic N) is 1. The molecule has 1 aliphatic heterocycles. The van der Waals surface area contributed by atoms with Crippen molar-refractivity contribution in [2.45, 2.75) is 26.0 Å². The summed E-state index contributed by atoms with van der Waals surface area (Å²) >= 11 is 0. The van der Waals surface area contributed by atoms with E-state index in [1.807, 2.05) is 54.6 Å². The molecule has 6 heteroatoms. The maximum atomic E-state index is 12.3. The van der Waals surface area contributed by atoms with Gasteiger partial charge in [0.25, 0.3) is 0 Å². The molecule has 1 fully saturated rings. The highest BCUT2D eigenvalue weighted by atomic mass is 16.5. The number of ether oxygens (including phenoxy) is 2. The quantitative estimate of drug-likeness (QED) is 0.421. The van der Waals surface area contributed by atoms with Crippen molar-refractivity contribution < 1.29 is 14.3 Å². The van der Waals surface area contributed by atoms with E-state index in [0.717, 1.165) is 35.7 Å². The molecule has 0 radical (unpaired) electrons. The predicted molar refractivity (Wildman–Crippen MR) is 132 cm³/mol. The van der Waals surface area contributed by atoms with Gasteiger partial charge in [-0.05, 0) is 60.4 Å². The summed E-state index contributed by atoms with van der Waals surface area (Å²) in [5, 5.41) is 5.81. The van der Waals surface area contributed by atoms with Gasteiger partial charge in [0.15, 0.2) is 0 Å². The van der Waals surface area contributed by atoms with Gasteiger partial charge in [0.05, 0.1) is 13.2 Å². The molecule has 33 heavy (non-hydrogen) atoms. The van der Waals surface area contributed by atoms with E-state index in [2.05, 4.69) is 39.8 Å². The molecule has 1 heterocycles. The SMILES string of the molecule is O=C(NCc1ccc(N2CCCC2)cc1)Nc1cccc(COCCOc2ccccc2)c1. The molecular formula is C27H31N3O3. The summed E-state index contributed by atoms with van der Waals surface area (Å²) in [4.78, 5) is 14.7. The number of hydrogen-bond acceptors (Lipinski definition) is 4. The number of carbonyl (C=O) groups is 1. The molecule has 2 amide bonds. The average Bonchev–Trinajstić information content (AvgIpc) is 3.39. The Hall–Kier alpha value is -3.51. The summed E-state index contributed by atoms with van der Waals surface area (Å²) in [5.74, 6) is 0.834. The zero-order valence-electron chi connectivity index (χ0n) is 18.8. The summed E-state index contributed by atoms with van der Waals surface area (Å²) in [5.41, 5.74) is 4.06. The molecule has 0 bridgehead atoms. The topological polar surface area (TPSA) is 62.8 Å². The van der Waals surface area contributed by atoms with Crippen molar-refractivity contribution in [1.82, 2.24) is 5.32 Å². The monoisotopic (exact) mass is 445 g/mol. The number of carbonyl (C=O) groups excluding carboxylic acids is 1. The van der Waals surface area contributed by atoms with Crippen LogP contribution < -0.4 is 20.3 Å². The van der Waals surface area contributed by atoms with Gasteiger partial charge in [-0.3, -0.25) is 0 Å². The van der Waals surface area contributed by atoms with Crippen molar-refractivity contribution in [2.75, 3.05) is 36.5 Å². The first-order valence-electron chi connectivity index (χ1n) is 11.5. The van der Waals surface area contributed by atoms with Crippen LogP contribution in [0.15, 0.2) is 78.9 Å². The fourth-order valence-electron chi connectivity index (χ4n) is 3.82. The molecule has 6 nitrogen and oxygen atoms in total. The van der Waals surface area contributed by atoms with E-state index in [-0.39, 0.29) is 6.03 Å². The third-order valence-electron chi connectivity index (χ3n) is 5.55. The lowest BCUT2D eigenvalue weighted by Crippen LogP contribution is -2.28. The Labute approximate surface area is 195 Å². The van der Waals surface area contributed by atoms with Gasteiger partial charge in [0, 0.05) is 31.0 Å². The number of hydrogen-bond donors (Lipinski definition) is 2. The zero-order chi connectivity index (χ0) is 22.7. The van der Waals surface area contributed by atoms with Gasteiger partial charge in [0.1, 0.15) is 12.4 Å². The van der Waals surface area contributed by atoms with E-state index in [9.17, 15) is 4.79 Å². The number of anilines is 2. The maximum absolute atomic E-state index is 12.3. The fraction of sp³-hybridized carbons (Fsp3) is 0.296. The first-order chi connectivity index (χ1) is 16.3. The molecule has 0 aromatic heterocycles. The van der Waals surface area contributed by atoms with Crippen LogP contribution in [0.2, 0.25) is 0 Å². The molecular weight excluding hydrogens is 414 g/mol. The molecule has 1 aliphatic rings. The summed E-state index contributed by atoms with van der Waals surface area (Å²) in [6.45, 7) is 4.18. The smallest absolute Gasteiger partial charge is 0.319 e. The van der Waals surface area contributed by atoms with E-state index in [1.54, 1.807) is 0 Å². The standard InChI is InChI=1S/C27H31N3O3/c31-27(28-20-22-11-13-25(14-12-22)30-15-4-5-16-30)29-24-8-6-7-23(19-24)21-32-17-18-33-26-9-2-1-3-10-26/h1-3,6-14,19H,4-5,15-18,20-21H2,(H2,28,29,31). The Morgan fingerprint density at radius 2 is 1.64 bits per heavy atom. The highest BCUT2D eigenvalue weighted by molar-refractivity contribution is 5.89. The lowest BCUT2D eigenvalue weighted by Gasteiger charge is -2.17. The summed E-state index contributed by atoms with van der Waals surface area (Å²) < 4.78 is 11.3. The van der Waals surface area contributed by atoms with E-state index in [0.29, 0.717) is 26.4 Å². The molecule has 0 atom stereocenters. The van der Waals surface area contributed by atoms with Crippen molar-refractivity contribution >= 4 is 17.4 Å². The molecule has 172 valence electrons. The van der Waals surface area contributed by atoms with Crippen molar-refractivity contribution in [1.29, 1.82) is 0 Å². The second-order valence-corrected chi connectivity index (χ2v) is 8.08. The molecule has 0 unspecified atom stereocenters. The Kier molecular flexibility index (Phi) is 8.19. The van der Waals surface area contributed by atoms with Gasteiger partial charge in [0.2, 0.25) is 0 Å². The Bertz CT molecular complexity index is 1000. The van der Waals surface area contributed by atoms with Gasteiger partial charge < -0.3 is 25.0 Å². The molecule has 4 rings (SSSR count). The lowest BCUT2D eigenvalue weighted by atomic mass is 10.2. The predicted octanol–water partition coefficient (Wildman–Crippen LogP) is 5.20. The zero-order valence-corrected chi connectivity index (χ0v) is 18.8. The second-order valence-electron chi connectivity index (χ2n) is 8.08. The van der Waals surface area contributed by atoms with Crippen molar-refractivity contribution in [3.8, 4) is 5.75 Å². The van der Waals surface area contributed by atoms with Crippen LogP contribution in [-0.4, -0.2) is 32.3 Å². The van der Waals surface area contributed by atoms with E-state index >= 15 is 0 Å². The highest BCUT2D eigenvalue weighted by Crippen LogP contribution is 2.20. The average molecular weight is 446 g/mol. The molecule has 0 aliphatic carbocycles. The minimum Gasteiger partial charge on any atom is -0.491 e. The van der Waals surface area contributed by atoms with Crippen LogP contribution in [-0.2, 0) is 17.9 Å². The molecule has 0 spiro atoms. The molecule has 2 N–H and O–H groups in total. The molecule has 3 aromatic carbocycles. The van der Waals surface area contributed by atoms with Crippen LogP contribution in [0.3, 0.4) is 0 Å². The Morgan fingerprint density at radius 3 is 2.42 bits per heavy atom. The van der Waals surface area contributed by atoms with Crippen molar-refractivity contribution in [2.24, 2.45) is 0 Å². The number of urea groups is 1. The van der Waals surface area contributed by atoms with E-state index in [4.69, 9.17) is 9.47 Å². The largest absolute Gasteiger partial charge is 0.491 e. The molecule has 0 saturated carbocycles. The third-order valence-corrected chi connectivity index (χ3v) is 5.55. The van der Waals surface area contributed by atoms with Gasteiger partial charge in [-0.15, -0.1) is 0 Å². The summed E-state index contributed by atoms with van der Waals surface area (Å²) in [6.07, 6.45) is 2.53. The number of para-hydroxylation sites is 1. The van der Waals surface area contributed by atoms with Crippen LogP contribution in [0.5, 0.6) is 5.75 Å². The number of nitrogens with one attached hydrogen (secondary N) is 2. The van der Waals surface area contributed by atoms with Gasteiger partial charge in [-0.1, -0.05) is 42.5 Å². The summed E-state index contributed by atoms with van der Waals surface area (Å²) in [7, 11) is 0. The number of amides is 2. The van der Waals surface area contributed by atoms with Crippen LogP contribution in [0.25, 0.3) is 0 Å². The minimum absolute atomic E-state index is 0.229. The summed E-state index contributed by atoms with van der Waals surface area (Å²) in [6, 6.07) is 25.5. The van der Waals surface area contributed by atoms with Gasteiger partial charge in [-0.2, -0.15) is 0 Å². The van der Waals surface area contributed by atoms with Crippen molar-refractivity contribution in [3.63, 3.8) is 0 Å². The first kappa shape index (κ1) is 22.7. The second kappa shape index (κ2) is 11.9. The normalized spacial score (nSPS) is 13.0. The van der Waals surface area contributed by atoms with Gasteiger partial charge in [-0.25, -0.2) is 4.79 Å². The fourth-order valence-corrected chi connectivity index (χ4v) is 3.82. The van der Waals surface area contributed by atoms with Crippen LogP contribution in [0.4, 0.5) is 16.2 Å². The van der Waals surface area contributed by atoms with E-state index in [1.165, 1.54) is 18.5 Å². The molecule has 1 saturated heterocycles. The van der Waals surface area contributed by atoms with Crippen molar-refractivity contribution in [3.05, 3.63) is 90.0 Å². The maximum Gasteiger partial charge on any atom is 0.319 e. The third kappa shape index (κ3) is 7.26. The first-order valence-corrected chi connectivity index (χ1v) is 11.5. The number of rotatable bonds is 10. The van der Waals surface area contributed by atoms with Crippen LogP contribution >= 0.6 is 0 Å². The Morgan fingerprint density at radius 1 is 0.848 bits per heavy atom. The van der Waals surface area contributed by atoms with Gasteiger partial charge >= 0.3 is 6.03 Å². The lowest BCUT2D eigenvalue weighted by molar-refractivity contribution is 0.0889. The van der Waals surface area contributed by atoms with E-state index < -0.39 is 0 Å². The highest BCUT2D eigenvalue weighted by Gasteiger charge is 2.12. The van der Waals surface area contributed by atoms with Crippen LogP contribution in [0.1, 0.15) is 24.0 Å². The number of benzene rings is 3. The van der Waals surface area contributed by atoms with Crippen LogP contribution in [0, 0.1) is 0 Å². The molecule has 3 aromatic rings. The Balaban J connectivity index is 1.16. The minimum atomic E-state index is -0.229.